The molecule has 0 aromatic heterocycles. The lowest BCUT2D eigenvalue weighted by atomic mass is 9.85. The first kappa shape index (κ1) is 9.51. The fourth-order valence-electron chi connectivity index (χ4n) is 2.69. The fourth-order valence-corrected chi connectivity index (χ4v) is 2.69. The third-order valence-corrected chi connectivity index (χ3v) is 3.58. The summed E-state index contributed by atoms with van der Waals surface area (Å²) in [5.41, 5.74) is 0. The van der Waals surface area contributed by atoms with Crippen molar-refractivity contribution in [3.63, 3.8) is 0 Å². The molecule has 1 saturated carbocycles. The molecular formula is C12H22O. The van der Waals surface area contributed by atoms with E-state index in [4.69, 9.17) is 4.74 Å². The molecule has 2 rings (SSSR count). The van der Waals surface area contributed by atoms with Gasteiger partial charge in [-0.25, -0.2) is 0 Å². The molecule has 0 aromatic carbocycles. The Hall–Kier alpha value is -0.0400. The van der Waals surface area contributed by atoms with Gasteiger partial charge in [0, 0.05) is 0 Å². The standard InChI is InChI=1S/C12H22O/c1-2-3-4-5-7-10-8-6-9-11-12(10)13-11/h10-12H,2-9H2,1H3/t10-,11-,12+/m1/s1. The number of hydrogen-bond acceptors (Lipinski definition) is 1. The Kier molecular flexibility index (Phi) is 3.26. The zero-order chi connectivity index (χ0) is 9.10. The van der Waals surface area contributed by atoms with E-state index in [9.17, 15) is 0 Å². The first-order valence-electron chi connectivity index (χ1n) is 6.07. The van der Waals surface area contributed by atoms with Gasteiger partial charge >= 0.3 is 0 Å². The van der Waals surface area contributed by atoms with Gasteiger partial charge in [-0.3, -0.25) is 0 Å². The van der Waals surface area contributed by atoms with E-state index in [1.54, 1.807) is 0 Å². The SMILES string of the molecule is CCCCCC[C@@H]1CCC[C@H]2O[C@@H]12. The maximum absolute atomic E-state index is 5.65. The van der Waals surface area contributed by atoms with Crippen LogP contribution in [0, 0.1) is 5.92 Å². The summed E-state index contributed by atoms with van der Waals surface area (Å²) in [5.74, 6) is 0.926. The van der Waals surface area contributed by atoms with E-state index in [-0.39, 0.29) is 0 Å². The van der Waals surface area contributed by atoms with Crippen molar-refractivity contribution in [3.8, 4) is 0 Å². The van der Waals surface area contributed by atoms with E-state index in [2.05, 4.69) is 6.92 Å². The average Bonchev–Trinajstić information content (AvgIpc) is 2.91. The van der Waals surface area contributed by atoms with Crippen LogP contribution in [-0.2, 0) is 4.74 Å². The minimum Gasteiger partial charge on any atom is -0.369 e. The second kappa shape index (κ2) is 4.45. The van der Waals surface area contributed by atoms with E-state index in [0.29, 0.717) is 12.2 Å². The summed E-state index contributed by atoms with van der Waals surface area (Å²) in [5, 5.41) is 0. The zero-order valence-electron chi connectivity index (χ0n) is 8.80. The van der Waals surface area contributed by atoms with Crippen LogP contribution >= 0.6 is 0 Å². The smallest absolute Gasteiger partial charge is 0.0869 e. The number of unbranched alkanes of at least 4 members (excludes halogenated alkanes) is 3. The van der Waals surface area contributed by atoms with Gasteiger partial charge in [-0.15, -0.1) is 0 Å². The Bertz CT molecular complexity index is 155. The van der Waals surface area contributed by atoms with E-state index >= 15 is 0 Å². The van der Waals surface area contributed by atoms with Gasteiger partial charge in [-0.1, -0.05) is 39.0 Å². The molecule has 1 saturated heterocycles. The first-order chi connectivity index (χ1) is 6.42. The topological polar surface area (TPSA) is 12.5 Å². The van der Waals surface area contributed by atoms with Crippen LogP contribution in [0.3, 0.4) is 0 Å². The highest BCUT2D eigenvalue weighted by atomic mass is 16.6. The minimum absolute atomic E-state index is 0.685. The summed E-state index contributed by atoms with van der Waals surface area (Å²) in [6, 6.07) is 0. The summed E-state index contributed by atoms with van der Waals surface area (Å²) in [6.07, 6.45) is 12.6. The number of ether oxygens (including phenoxy) is 1. The van der Waals surface area contributed by atoms with Gasteiger partial charge in [0.2, 0.25) is 0 Å². The molecule has 13 heavy (non-hydrogen) atoms. The highest BCUT2D eigenvalue weighted by molar-refractivity contribution is 4.94. The van der Waals surface area contributed by atoms with Crippen LogP contribution in [0.2, 0.25) is 0 Å². The molecule has 1 aliphatic carbocycles. The number of rotatable bonds is 5. The summed E-state index contributed by atoms with van der Waals surface area (Å²) in [4.78, 5) is 0. The third-order valence-electron chi connectivity index (χ3n) is 3.58. The van der Waals surface area contributed by atoms with Crippen LogP contribution in [0.5, 0.6) is 0 Å². The minimum atomic E-state index is 0.685. The van der Waals surface area contributed by atoms with Gasteiger partial charge in [0.25, 0.3) is 0 Å². The van der Waals surface area contributed by atoms with Gasteiger partial charge in [0.05, 0.1) is 12.2 Å². The highest BCUT2D eigenvalue weighted by Crippen LogP contribution is 2.42. The van der Waals surface area contributed by atoms with Crippen LogP contribution < -0.4 is 0 Å². The van der Waals surface area contributed by atoms with Gasteiger partial charge in [0.15, 0.2) is 0 Å². The highest BCUT2D eigenvalue weighted by Gasteiger charge is 2.46. The maximum Gasteiger partial charge on any atom is 0.0869 e. The second-order valence-electron chi connectivity index (χ2n) is 4.68. The predicted octanol–water partition coefficient (Wildman–Crippen LogP) is 3.52. The van der Waals surface area contributed by atoms with Crippen LogP contribution in [0.4, 0.5) is 0 Å². The van der Waals surface area contributed by atoms with E-state index < -0.39 is 0 Å². The Balaban J connectivity index is 1.59. The largest absolute Gasteiger partial charge is 0.369 e. The molecule has 2 fully saturated rings. The van der Waals surface area contributed by atoms with Gasteiger partial charge in [-0.05, 0) is 25.2 Å². The molecule has 2 aliphatic rings. The summed E-state index contributed by atoms with van der Waals surface area (Å²) in [7, 11) is 0. The van der Waals surface area contributed by atoms with Crippen molar-refractivity contribution in [3.05, 3.63) is 0 Å². The van der Waals surface area contributed by atoms with Crippen molar-refractivity contribution in [2.75, 3.05) is 0 Å². The van der Waals surface area contributed by atoms with Gasteiger partial charge < -0.3 is 4.74 Å². The quantitative estimate of drug-likeness (QED) is 0.468. The van der Waals surface area contributed by atoms with E-state index in [1.807, 2.05) is 0 Å². The third kappa shape index (κ3) is 2.46. The Morgan fingerprint density at radius 3 is 2.92 bits per heavy atom. The molecule has 0 spiro atoms. The van der Waals surface area contributed by atoms with Crippen LogP contribution in [0.25, 0.3) is 0 Å². The van der Waals surface area contributed by atoms with E-state index in [0.717, 1.165) is 5.92 Å². The normalized spacial score (nSPS) is 37.2. The maximum atomic E-state index is 5.65. The van der Waals surface area contributed by atoms with Crippen LogP contribution in [0.1, 0.15) is 58.3 Å². The van der Waals surface area contributed by atoms with Crippen molar-refractivity contribution < 1.29 is 4.74 Å². The molecule has 0 radical (unpaired) electrons. The molecular weight excluding hydrogens is 160 g/mol. The van der Waals surface area contributed by atoms with E-state index in [1.165, 1.54) is 51.4 Å². The Morgan fingerprint density at radius 1 is 1.15 bits per heavy atom. The first-order valence-corrected chi connectivity index (χ1v) is 6.07. The Labute approximate surface area is 81.9 Å². The molecule has 0 unspecified atom stereocenters. The molecule has 76 valence electrons. The lowest BCUT2D eigenvalue weighted by Crippen LogP contribution is -2.15. The predicted molar refractivity (Wildman–Crippen MR) is 54.8 cm³/mol. The summed E-state index contributed by atoms with van der Waals surface area (Å²) < 4.78 is 5.65. The molecule has 1 aliphatic heterocycles. The van der Waals surface area contributed by atoms with Gasteiger partial charge in [-0.2, -0.15) is 0 Å². The van der Waals surface area contributed by atoms with Crippen molar-refractivity contribution >= 4 is 0 Å². The lowest BCUT2D eigenvalue weighted by molar-refractivity contribution is 0.302. The summed E-state index contributed by atoms with van der Waals surface area (Å²) >= 11 is 0. The molecule has 0 aromatic rings. The lowest BCUT2D eigenvalue weighted by Gasteiger charge is -2.17. The molecule has 0 bridgehead atoms. The molecule has 3 atom stereocenters. The fraction of sp³-hybridized carbons (Fsp3) is 1.00. The second-order valence-corrected chi connectivity index (χ2v) is 4.68. The summed E-state index contributed by atoms with van der Waals surface area (Å²) in [6.45, 7) is 2.28. The average molecular weight is 182 g/mol. The van der Waals surface area contributed by atoms with Crippen molar-refractivity contribution in [2.45, 2.75) is 70.5 Å². The number of fused-ring (bicyclic) bond motifs is 1. The molecule has 0 N–H and O–H groups in total. The van der Waals surface area contributed by atoms with Crippen molar-refractivity contribution in [1.82, 2.24) is 0 Å². The zero-order valence-corrected chi connectivity index (χ0v) is 8.80. The van der Waals surface area contributed by atoms with Crippen LogP contribution in [-0.4, -0.2) is 12.2 Å². The molecule has 1 nitrogen and oxygen atoms in total. The van der Waals surface area contributed by atoms with Gasteiger partial charge in [0.1, 0.15) is 0 Å². The number of epoxide rings is 1. The molecule has 0 amide bonds. The Morgan fingerprint density at radius 2 is 2.08 bits per heavy atom. The van der Waals surface area contributed by atoms with Crippen molar-refractivity contribution in [2.24, 2.45) is 5.92 Å². The van der Waals surface area contributed by atoms with Crippen LogP contribution in [0.15, 0.2) is 0 Å². The number of hydrogen-bond donors (Lipinski definition) is 0. The van der Waals surface area contributed by atoms with Crippen molar-refractivity contribution in [1.29, 1.82) is 0 Å². The monoisotopic (exact) mass is 182 g/mol. The molecule has 1 heteroatoms. The molecule has 1 heterocycles.